The van der Waals surface area contributed by atoms with Gasteiger partial charge in [-0.2, -0.15) is 5.10 Å². The number of H-pyrrole nitrogens is 1. The van der Waals surface area contributed by atoms with Crippen molar-refractivity contribution < 1.29 is 0 Å². The molecule has 36 heavy (non-hydrogen) atoms. The Kier molecular flexibility index (Phi) is 7.50. The quantitative estimate of drug-likeness (QED) is 0.347. The second kappa shape index (κ2) is 11.3. The Morgan fingerprint density at radius 1 is 1.03 bits per heavy atom. The van der Waals surface area contributed by atoms with Crippen molar-refractivity contribution in [1.82, 2.24) is 35.0 Å². The molecule has 0 unspecified atom stereocenters. The van der Waals surface area contributed by atoms with Crippen molar-refractivity contribution in [2.45, 2.75) is 65.0 Å². The van der Waals surface area contributed by atoms with Crippen molar-refractivity contribution in [3.8, 4) is 22.5 Å². The third kappa shape index (κ3) is 5.37. The number of hydrogen-bond donors (Lipinski definition) is 1. The number of aryl methyl sites for hydroxylation is 1. The zero-order valence-electron chi connectivity index (χ0n) is 20.8. The monoisotopic (exact) mass is 483 g/mol. The average Bonchev–Trinajstić information content (AvgIpc) is 3.56. The molecule has 186 valence electrons. The number of aromatic amines is 1. The highest BCUT2D eigenvalue weighted by Crippen LogP contribution is 2.30. The van der Waals surface area contributed by atoms with Gasteiger partial charge in [-0.1, -0.05) is 93.6 Å². The summed E-state index contributed by atoms with van der Waals surface area (Å²) in [5.74, 6) is 2.07. The van der Waals surface area contributed by atoms with Gasteiger partial charge < -0.3 is 0 Å². The van der Waals surface area contributed by atoms with E-state index in [0.717, 1.165) is 40.9 Å². The molecule has 5 rings (SSSR count). The van der Waals surface area contributed by atoms with E-state index in [1.165, 1.54) is 32.1 Å². The lowest BCUT2D eigenvalue weighted by Crippen LogP contribution is -2.26. The number of nitrogens with zero attached hydrogens (tertiary/aromatic N) is 6. The number of tetrazole rings is 1. The summed E-state index contributed by atoms with van der Waals surface area (Å²) in [5.41, 5.74) is 4.07. The van der Waals surface area contributed by atoms with Crippen LogP contribution in [0.25, 0.3) is 28.6 Å². The van der Waals surface area contributed by atoms with E-state index in [4.69, 9.17) is 5.10 Å². The van der Waals surface area contributed by atoms with E-state index in [1.807, 2.05) is 24.3 Å². The lowest BCUT2D eigenvalue weighted by molar-refractivity contribution is 0.316. The topological polar surface area (TPSA) is 94.3 Å². The number of aromatic nitrogens is 7. The minimum absolute atomic E-state index is 0.0335. The van der Waals surface area contributed by atoms with E-state index in [2.05, 4.69) is 64.0 Å². The van der Waals surface area contributed by atoms with Crippen LogP contribution in [0.5, 0.6) is 0 Å². The second-order valence-electron chi connectivity index (χ2n) is 9.55. The Hall–Kier alpha value is -3.81. The molecule has 0 spiro atoms. The Labute approximate surface area is 211 Å². The predicted octanol–water partition coefficient (Wildman–Crippen LogP) is 5.33. The van der Waals surface area contributed by atoms with E-state index < -0.39 is 0 Å². The number of hydrogen-bond acceptors (Lipinski definition) is 5. The minimum atomic E-state index is -0.0335. The van der Waals surface area contributed by atoms with Crippen LogP contribution in [0.4, 0.5) is 0 Å². The van der Waals surface area contributed by atoms with Crippen molar-refractivity contribution in [2.24, 2.45) is 5.92 Å². The van der Waals surface area contributed by atoms with Gasteiger partial charge in [0.25, 0.3) is 0 Å². The van der Waals surface area contributed by atoms with Gasteiger partial charge in [-0.3, -0.25) is 4.57 Å². The number of nitrogens with one attached hydrogen (secondary N) is 1. The highest BCUT2D eigenvalue weighted by Gasteiger charge is 2.17. The number of rotatable bonds is 9. The summed E-state index contributed by atoms with van der Waals surface area (Å²) >= 11 is 0. The maximum atomic E-state index is 13.3. The molecule has 1 N–H and O–H groups in total. The third-order valence-electron chi connectivity index (χ3n) is 7.06. The van der Waals surface area contributed by atoms with Crippen LogP contribution in [0.3, 0.4) is 0 Å². The van der Waals surface area contributed by atoms with E-state index in [1.54, 1.807) is 9.25 Å². The average molecular weight is 484 g/mol. The first kappa shape index (κ1) is 23.9. The molecule has 0 bridgehead atoms. The van der Waals surface area contributed by atoms with Crippen LogP contribution in [0.2, 0.25) is 0 Å². The fourth-order valence-electron chi connectivity index (χ4n) is 5.07. The molecule has 0 radical (unpaired) electrons. The summed E-state index contributed by atoms with van der Waals surface area (Å²) in [6.45, 7) is 3.26. The first-order valence-corrected chi connectivity index (χ1v) is 13.0. The zero-order valence-corrected chi connectivity index (χ0v) is 20.8. The third-order valence-corrected chi connectivity index (χ3v) is 7.06. The molecule has 8 nitrogen and oxygen atoms in total. The molecule has 2 heterocycles. The van der Waals surface area contributed by atoms with E-state index >= 15 is 0 Å². The van der Waals surface area contributed by atoms with Crippen LogP contribution in [0.15, 0.2) is 59.4 Å². The summed E-state index contributed by atoms with van der Waals surface area (Å²) in [4.78, 5) is 13.3. The van der Waals surface area contributed by atoms with Gasteiger partial charge in [0.2, 0.25) is 0 Å². The van der Waals surface area contributed by atoms with Crippen LogP contribution in [-0.2, 0) is 13.1 Å². The van der Waals surface area contributed by atoms with Gasteiger partial charge in [-0.05, 0) is 52.0 Å². The van der Waals surface area contributed by atoms with Crippen LogP contribution >= 0.6 is 0 Å². The van der Waals surface area contributed by atoms with Gasteiger partial charge in [-0.15, -0.1) is 5.10 Å². The molecule has 4 aromatic rings. The molecule has 0 atom stereocenters. The van der Waals surface area contributed by atoms with Crippen LogP contribution in [0, 0.1) is 5.92 Å². The van der Waals surface area contributed by atoms with Crippen molar-refractivity contribution in [1.29, 1.82) is 0 Å². The highest BCUT2D eigenvalue weighted by atomic mass is 16.2. The van der Waals surface area contributed by atoms with Crippen molar-refractivity contribution >= 4 is 6.08 Å². The number of benzene rings is 2. The molecule has 0 aliphatic heterocycles. The van der Waals surface area contributed by atoms with Gasteiger partial charge >= 0.3 is 5.69 Å². The van der Waals surface area contributed by atoms with Crippen molar-refractivity contribution in [3.05, 3.63) is 76.5 Å². The van der Waals surface area contributed by atoms with Gasteiger partial charge in [0.1, 0.15) is 0 Å². The van der Waals surface area contributed by atoms with Crippen molar-refractivity contribution in [2.75, 3.05) is 0 Å². The summed E-state index contributed by atoms with van der Waals surface area (Å²) in [5, 5.41) is 19.0. The first-order valence-electron chi connectivity index (χ1n) is 13.0. The lowest BCUT2D eigenvalue weighted by atomic mass is 9.87. The first-order chi connectivity index (χ1) is 17.7. The fourth-order valence-corrected chi connectivity index (χ4v) is 5.07. The molecule has 1 aliphatic carbocycles. The molecule has 0 amide bonds. The fraction of sp³-hybridized carbons (Fsp3) is 0.393. The summed E-state index contributed by atoms with van der Waals surface area (Å²) in [6.07, 6.45) is 12.5. The van der Waals surface area contributed by atoms with Gasteiger partial charge in [0, 0.05) is 12.1 Å². The zero-order chi connectivity index (χ0) is 24.7. The maximum Gasteiger partial charge on any atom is 0.346 e. The second-order valence-corrected chi connectivity index (χ2v) is 9.55. The molecule has 2 aromatic carbocycles. The normalized spacial score (nSPS) is 14.6. The molecule has 0 saturated heterocycles. The summed E-state index contributed by atoms with van der Waals surface area (Å²) < 4.78 is 3.45. The smallest absolute Gasteiger partial charge is 0.271 e. The Morgan fingerprint density at radius 3 is 2.53 bits per heavy atom. The highest BCUT2D eigenvalue weighted by molar-refractivity contribution is 5.80. The van der Waals surface area contributed by atoms with Gasteiger partial charge in [-0.25, -0.2) is 14.6 Å². The molecule has 1 fully saturated rings. The molecule has 2 aromatic heterocycles. The largest absolute Gasteiger partial charge is 0.346 e. The summed E-state index contributed by atoms with van der Waals surface area (Å²) in [7, 11) is 0. The van der Waals surface area contributed by atoms with Gasteiger partial charge in [0.05, 0.1) is 6.54 Å². The van der Waals surface area contributed by atoms with Gasteiger partial charge in [0.15, 0.2) is 11.6 Å². The minimum Gasteiger partial charge on any atom is -0.271 e. The van der Waals surface area contributed by atoms with Crippen molar-refractivity contribution in [3.63, 3.8) is 0 Å². The van der Waals surface area contributed by atoms with E-state index in [9.17, 15) is 4.79 Å². The molecule has 8 heteroatoms. The molecule has 1 saturated carbocycles. The lowest BCUT2D eigenvalue weighted by Gasteiger charge is -2.20. The van der Waals surface area contributed by atoms with E-state index in [0.29, 0.717) is 24.8 Å². The SMILES string of the molecule is CC/C=C/c1nn(CCC2CCCCC2)c(=O)n1Cc1ccc(-c2ccccc2-c2nnn[nH]2)cc1. The maximum absolute atomic E-state index is 13.3. The van der Waals surface area contributed by atoms with E-state index in [-0.39, 0.29) is 5.69 Å². The Balaban J connectivity index is 1.37. The summed E-state index contributed by atoms with van der Waals surface area (Å²) in [6, 6.07) is 16.3. The Bertz CT molecular complexity index is 1340. The Morgan fingerprint density at radius 2 is 1.81 bits per heavy atom. The molecule has 1 aliphatic rings. The number of allylic oxidation sites excluding steroid dienone is 1. The standard InChI is InChI=1S/C28H33N7O/c1-2-3-13-26-31-35(19-18-21-9-5-4-6-10-21)28(36)34(26)20-22-14-16-23(17-15-22)24-11-7-8-12-25(24)27-29-32-33-30-27/h3,7-8,11-17,21H,2,4-6,9-10,18-20H2,1H3,(H,29,30,32,33)/b13-3+. The molecular weight excluding hydrogens is 450 g/mol. The molecular formula is C28H33N7O. The van der Waals surface area contributed by atoms with Crippen LogP contribution < -0.4 is 5.69 Å². The predicted molar refractivity (Wildman–Crippen MR) is 141 cm³/mol. The van der Waals surface area contributed by atoms with Crippen LogP contribution in [-0.4, -0.2) is 35.0 Å². The van der Waals surface area contributed by atoms with Crippen LogP contribution in [0.1, 0.15) is 63.3 Å².